The van der Waals surface area contributed by atoms with Gasteiger partial charge >= 0.3 is 11.9 Å². The predicted octanol–water partition coefficient (Wildman–Crippen LogP) is 4.10. The molecule has 4 heteroatoms. The molecule has 4 nitrogen and oxygen atoms in total. The molecule has 0 aliphatic heterocycles. The molecule has 0 unspecified atom stereocenters. The topological polar surface area (TPSA) is 63.6 Å². The molecule has 0 aromatic heterocycles. The van der Waals surface area contributed by atoms with E-state index in [0.717, 1.165) is 11.6 Å². The Morgan fingerprint density at radius 1 is 1.09 bits per heavy atom. The van der Waals surface area contributed by atoms with Crippen molar-refractivity contribution in [3.05, 3.63) is 66.3 Å². The number of carboxylic acid groups (broad SMARTS) is 1. The fourth-order valence-electron chi connectivity index (χ4n) is 0.886. The zero-order chi connectivity index (χ0) is 17.5. The summed E-state index contributed by atoms with van der Waals surface area (Å²) < 4.78 is 4.14. The Morgan fingerprint density at radius 2 is 1.59 bits per heavy atom. The van der Waals surface area contributed by atoms with Crippen molar-refractivity contribution >= 4 is 18.0 Å². The number of methoxy groups -OCH3 is 1. The Hall–Kier alpha value is -2.62. The molecule has 0 fully saturated rings. The van der Waals surface area contributed by atoms with Crippen molar-refractivity contribution in [2.45, 2.75) is 20.8 Å². The van der Waals surface area contributed by atoms with Crippen molar-refractivity contribution in [1.29, 1.82) is 0 Å². The van der Waals surface area contributed by atoms with E-state index in [-0.39, 0.29) is 0 Å². The number of esters is 1. The molecule has 0 radical (unpaired) electrons. The summed E-state index contributed by atoms with van der Waals surface area (Å²) in [5.41, 5.74) is 2.47. The first-order chi connectivity index (χ1) is 10.3. The van der Waals surface area contributed by atoms with Gasteiger partial charge in [0.05, 0.1) is 7.11 Å². The van der Waals surface area contributed by atoms with Crippen LogP contribution in [0.5, 0.6) is 0 Å². The summed E-state index contributed by atoms with van der Waals surface area (Å²) in [6.07, 6.45) is 2.94. The first kappa shape index (κ1) is 21.7. The average molecular weight is 304 g/mol. The molecule has 120 valence electrons. The summed E-state index contributed by atoms with van der Waals surface area (Å²) in [5, 5.41) is 8.29. The molecule has 0 aliphatic carbocycles. The third kappa shape index (κ3) is 12.4. The number of allylic oxidation sites excluding steroid dienone is 1. The monoisotopic (exact) mass is 304 g/mol. The Labute approximate surface area is 132 Å². The highest BCUT2D eigenvalue weighted by atomic mass is 16.5. The summed E-state index contributed by atoms with van der Waals surface area (Å²) >= 11 is 0. The highest BCUT2D eigenvalue weighted by molar-refractivity contribution is 5.86. The van der Waals surface area contributed by atoms with Gasteiger partial charge in [-0.15, -0.1) is 0 Å². The maximum Gasteiger partial charge on any atom is 0.331 e. The van der Waals surface area contributed by atoms with Crippen molar-refractivity contribution < 1.29 is 19.4 Å². The van der Waals surface area contributed by atoms with Gasteiger partial charge in [0, 0.05) is 11.6 Å². The SMILES string of the molecule is C=CC(=O)OC.C=Cc1ccccc1.CC(C)=C(C)C(=O)O. The van der Waals surface area contributed by atoms with Gasteiger partial charge in [0.2, 0.25) is 0 Å². The smallest absolute Gasteiger partial charge is 0.331 e. The second-order valence-electron chi connectivity index (χ2n) is 4.27. The van der Waals surface area contributed by atoms with Gasteiger partial charge in [-0.3, -0.25) is 0 Å². The molecule has 1 aromatic carbocycles. The summed E-state index contributed by atoms with van der Waals surface area (Å²) in [4.78, 5) is 19.9. The van der Waals surface area contributed by atoms with Crippen LogP contribution in [0.1, 0.15) is 26.3 Å². The van der Waals surface area contributed by atoms with Gasteiger partial charge in [-0.25, -0.2) is 9.59 Å². The lowest BCUT2D eigenvalue weighted by Crippen LogP contribution is -1.97. The van der Waals surface area contributed by atoms with Crippen LogP contribution in [0, 0.1) is 0 Å². The van der Waals surface area contributed by atoms with Gasteiger partial charge in [-0.2, -0.15) is 0 Å². The Bertz CT molecular complexity index is 509. The number of ether oxygens (including phenoxy) is 1. The largest absolute Gasteiger partial charge is 0.478 e. The van der Waals surface area contributed by atoms with E-state index >= 15 is 0 Å². The zero-order valence-corrected chi connectivity index (χ0v) is 13.6. The van der Waals surface area contributed by atoms with Crippen LogP contribution in [0.15, 0.2) is 60.7 Å². The molecular formula is C18H24O4. The van der Waals surface area contributed by atoms with E-state index < -0.39 is 11.9 Å². The Kier molecular flexibility index (Phi) is 13.2. The van der Waals surface area contributed by atoms with Gasteiger partial charge < -0.3 is 9.84 Å². The minimum absolute atomic E-state index is 0.394. The van der Waals surface area contributed by atoms with E-state index in [1.54, 1.807) is 20.8 Å². The van der Waals surface area contributed by atoms with E-state index in [4.69, 9.17) is 5.11 Å². The molecule has 22 heavy (non-hydrogen) atoms. The molecule has 0 heterocycles. The predicted molar refractivity (Wildman–Crippen MR) is 90.4 cm³/mol. The van der Waals surface area contributed by atoms with Crippen LogP contribution >= 0.6 is 0 Å². The molecule has 0 saturated carbocycles. The molecule has 0 saturated heterocycles. The molecule has 0 spiro atoms. The summed E-state index contributed by atoms with van der Waals surface area (Å²) in [7, 11) is 1.31. The lowest BCUT2D eigenvalue weighted by Gasteiger charge is -1.92. The molecule has 1 aromatic rings. The highest BCUT2D eigenvalue weighted by Gasteiger charge is 1.99. The number of aliphatic carboxylic acids is 1. The third-order valence-corrected chi connectivity index (χ3v) is 2.47. The number of hydrogen-bond acceptors (Lipinski definition) is 3. The van der Waals surface area contributed by atoms with Crippen molar-refractivity contribution in [3.63, 3.8) is 0 Å². The lowest BCUT2D eigenvalue weighted by molar-refractivity contribution is -0.135. The van der Waals surface area contributed by atoms with Crippen molar-refractivity contribution in [1.82, 2.24) is 0 Å². The van der Waals surface area contributed by atoms with Crippen molar-refractivity contribution in [2.75, 3.05) is 7.11 Å². The maximum absolute atomic E-state index is 10.1. The van der Waals surface area contributed by atoms with E-state index in [9.17, 15) is 9.59 Å². The number of hydrogen-bond donors (Lipinski definition) is 1. The number of carbonyl (C=O) groups is 2. The quantitative estimate of drug-likeness (QED) is 0.674. The minimum Gasteiger partial charge on any atom is -0.478 e. The van der Waals surface area contributed by atoms with Crippen molar-refractivity contribution in [3.8, 4) is 0 Å². The lowest BCUT2D eigenvalue weighted by atomic mass is 10.2. The van der Waals surface area contributed by atoms with E-state index in [1.165, 1.54) is 12.7 Å². The number of carbonyl (C=O) groups excluding carboxylic acids is 1. The molecular weight excluding hydrogens is 280 g/mol. The summed E-state index contributed by atoms with van der Waals surface area (Å²) in [5.74, 6) is -1.22. The molecule has 0 aliphatic rings. The van der Waals surface area contributed by atoms with Gasteiger partial charge in [-0.1, -0.05) is 55.1 Å². The van der Waals surface area contributed by atoms with Gasteiger partial charge in [0.1, 0.15) is 0 Å². The zero-order valence-electron chi connectivity index (χ0n) is 13.6. The number of rotatable bonds is 3. The Balaban J connectivity index is 0. The van der Waals surface area contributed by atoms with Gasteiger partial charge in [0.25, 0.3) is 0 Å². The van der Waals surface area contributed by atoms with E-state index in [0.29, 0.717) is 5.57 Å². The van der Waals surface area contributed by atoms with E-state index in [1.807, 2.05) is 36.4 Å². The normalized spacial score (nSPS) is 8.00. The second kappa shape index (κ2) is 13.4. The van der Waals surface area contributed by atoms with Crippen LogP contribution in [-0.2, 0) is 14.3 Å². The summed E-state index contributed by atoms with van der Waals surface area (Å²) in [6.45, 7) is 11.9. The van der Waals surface area contributed by atoms with Crippen LogP contribution in [0.3, 0.4) is 0 Å². The molecule has 1 N–H and O–H groups in total. The first-order valence-corrected chi connectivity index (χ1v) is 6.55. The summed E-state index contributed by atoms with van der Waals surface area (Å²) in [6, 6.07) is 10.0. The highest BCUT2D eigenvalue weighted by Crippen LogP contribution is 2.00. The molecule has 0 atom stereocenters. The fourth-order valence-corrected chi connectivity index (χ4v) is 0.886. The van der Waals surface area contributed by atoms with Crippen LogP contribution in [0.4, 0.5) is 0 Å². The molecule has 0 amide bonds. The van der Waals surface area contributed by atoms with E-state index in [2.05, 4.69) is 17.9 Å². The number of benzene rings is 1. The van der Waals surface area contributed by atoms with Crippen LogP contribution < -0.4 is 0 Å². The van der Waals surface area contributed by atoms with Crippen LogP contribution in [0.2, 0.25) is 0 Å². The average Bonchev–Trinajstić information content (AvgIpc) is 2.54. The minimum atomic E-state index is -0.829. The van der Waals surface area contributed by atoms with Gasteiger partial charge in [0.15, 0.2) is 0 Å². The van der Waals surface area contributed by atoms with Crippen molar-refractivity contribution in [2.24, 2.45) is 0 Å². The van der Waals surface area contributed by atoms with Crippen LogP contribution in [-0.4, -0.2) is 24.2 Å². The Morgan fingerprint density at radius 3 is 1.73 bits per heavy atom. The standard InChI is InChI=1S/C8H8.C6H10O2.C4H6O2/c1-2-8-6-4-3-5-7-8;1-4(2)5(3)6(7)8;1-3-4(5)6-2/h2-7H,1H2;1-3H3,(H,7,8);3H,1H2,2H3. The fraction of sp³-hybridized carbons (Fsp3) is 0.222. The van der Waals surface area contributed by atoms with Crippen LogP contribution in [0.25, 0.3) is 6.08 Å². The second-order valence-corrected chi connectivity index (χ2v) is 4.27. The first-order valence-electron chi connectivity index (χ1n) is 6.55. The maximum atomic E-state index is 10.1. The molecule has 1 rings (SSSR count). The molecule has 0 bridgehead atoms. The number of carboxylic acids is 1. The van der Waals surface area contributed by atoms with Gasteiger partial charge in [-0.05, 0) is 26.3 Å². The third-order valence-electron chi connectivity index (χ3n) is 2.47.